The van der Waals surface area contributed by atoms with Crippen molar-refractivity contribution in [1.29, 1.82) is 0 Å². The maximum atomic E-state index is 9.57. The molecule has 18 heavy (non-hydrogen) atoms. The van der Waals surface area contributed by atoms with Crippen LogP contribution in [0.5, 0.6) is 0 Å². The third-order valence-electron chi connectivity index (χ3n) is 4.21. The van der Waals surface area contributed by atoms with Gasteiger partial charge >= 0.3 is 0 Å². The molecule has 1 saturated carbocycles. The number of hydrogen-bond acceptors (Lipinski definition) is 1. The Balaban J connectivity index is 1.86. The quantitative estimate of drug-likeness (QED) is 0.821. The topological polar surface area (TPSA) is 20.2 Å². The van der Waals surface area contributed by atoms with E-state index in [0.29, 0.717) is 5.92 Å². The van der Waals surface area contributed by atoms with Gasteiger partial charge in [0.15, 0.2) is 0 Å². The first-order valence-corrected chi connectivity index (χ1v) is 7.95. The molecule has 2 rings (SSSR count). The molecule has 1 aliphatic rings. The molecule has 0 bridgehead atoms. The molecule has 1 nitrogen and oxygen atoms in total. The number of hydrogen-bond donors (Lipinski definition) is 1. The zero-order valence-electron chi connectivity index (χ0n) is 10.9. The minimum Gasteiger partial charge on any atom is -0.396 e. The smallest absolute Gasteiger partial charge is 0.0499 e. The number of aliphatic hydroxyl groups is 1. The minimum atomic E-state index is 0.272. The molecular weight excluding hydrogens is 288 g/mol. The van der Waals surface area contributed by atoms with Gasteiger partial charge in [0, 0.05) is 17.0 Å². The normalized spacial score (nSPS) is 18.8. The van der Waals surface area contributed by atoms with Crippen LogP contribution in [0.2, 0.25) is 0 Å². The van der Waals surface area contributed by atoms with Crippen molar-refractivity contribution in [2.45, 2.75) is 50.9 Å². The van der Waals surface area contributed by atoms with E-state index in [9.17, 15) is 5.11 Å². The van der Waals surface area contributed by atoms with E-state index in [2.05, 4.69) is 40.2 Å². The van der Waals surface area contributed by atoms with Crippen molar-refractivity contribution < 1.29 is 5.11 Å². The average Bonchev–Trinajstić information content (AvgIpc) is 2.42. The predicted molar refractivity (Wildman–Crippen MR) is 79.8 cm³/mol. The van der Waals surface area contributed by atoms with E-state index in [4.69, 9.17) is 0 Å². The van der Waals surface area contributed by atoms with Gasteiger partial charge in [-0.25, -0.2) is 0 Å². The van der Waals surface area contributed by atoms with Crippen LogP contribution in [0, 0.1) is 5.92 Å². The van der Waals surface area contributed by atoms with Gasteiger partial charge in [-0.3, -0.25) is 0 Å². The summed E-state index contributed by atoms with van der Waals surface area (Å²) in [5.74, 6) is 1.23. The third kappa shape index (κ3) is 4.10. The number of halogens is 1. The summed E-state index contributed by atoms with van der Waals surface area (Å²) in [6.07, 6.45) is 9.45. The van der Waals surface area contributed by atoms with E-state index < -0.39 is 0 Å². The predicted octanol–water partition coefficient (Wildman–Crippen LogP) is 4.89. The number of rotatable bonds is 5. The van der Waals surface area contributed by atoms with Crippen molar-refractivity contribution in [3.8, 4) is 0 Å². The van der Waals surface area contributed by atoms with Crippen LogP contribution in [0.4, 0.5) is 0 Å². The van der Waals surface area contributed by atoms with E-state index in [-0.39, 0.29) is 6.61 Å². The molecule has 1 aromatic carbocycles. The van der Waals surface area contributed by atoms with E-state index in [1.807, 2.05) is 0 Å². The van der Waals surface area contributed by atoms with Gasteiger partial charge in [0.1, 0.15) is 0 Å². The van der Waals surface area contributed by atoms with Crippen LogP contribution in [-0.4, -0.2) is 11.7 Å². The van der Waals surface area contributed by atoms with Gasteiger partial charge in [-0.15, -0.1) is 0 Å². The molecule has 100 valence electrons. The molecule has 1 aliphatic carbocycles. The molecule has 1 fully saturated rings. The van der Waals surface area contributed by atoms with E-state index in [0.717, 1.165) is 16.8 Å². The first kappa shape index (κ1) is 14.1. The minimum absolute atomic E-state index is 0.272. The highest BCUT2D eigenvalue weighted by Crippen LogP contribution is 2.31. The Kier molecular flexibility index (Phi) is 5.71. The lowest BCUT2D eigenvalue weighted by Gasteiger charge is -2.23. The Morgan fingerprint density at radius 3 is 2.39 bits per heavy atom. The molecule has 0 spiro atoms. The maximum absolute atomic E-state index is 9.57. The van der Waals surface area contributed by atoms with Gasteiger partial charge < -0.3 is 5.11 Å². The van der Waals surface area contributed by atoms with Crippen LogP contribution in [0.25, 0.3) is 0 Å². The van der Waals surface area contributed by atoms with Crippen LogP contribution in [0.3, 0.4) is 0 Å². The molecule has 2 heteroatoms. The highest BCUT2D eigenvalue weighted by atomic mass is 79.9. The lowest BCUT2D eigenvalue weighted by Crippen LogP contribution is -2.10. The molecule has 0 heterocycles. The highest BCUT2D eigenvalue weighted by molar-refractivity contribution is 9.10. The standard InChI is InChI=1S/C16H23BrO/c17-16-10-8-14(9-11-16)15(12-18)7-6-13-4-2-1-3-5-13/h8-11,13,15,18H,1-7,12H2. The summed E-state index contributed by atoms with van der Waals surface area (Å²) in [6, 6.07) is 8.40. The Morgan fingerprint density at radius 1 is 1.11 bits per heavy atom. The first-order chi connectivity index (χ1) is 8.79. The molecule has 1 aromatic rings. The Morgan fingerprint density at radius 2 is 1.78 bits per heavy atom. The Labute approximate surface area is 119 Å². The molecule has 0 aromatic heterocycles. The van der Waals surface area contributed by atoms with Crippen molar-refractivity contribution in [3.63, 3.8) is 0 Å². The van der Waals surface area contributed by atoms with Gasteiger partial charge in [-0.2, -0.15) is 0 Å². The van der Waals surface area contributed by atoms with E-state index in [1.165, 1.54) is 44.1 Å². The second kappa shape index (κ2) is 7.30. The number of aliphatic hydroxyl groups excluding tert-OH is 1. The Hall–Kier alpha value is -0.340. The highest BCUT2D eigenvalue weighted by Gasteiger charge is 2.17. The molecular formula is C16H23BrO. The van der Waals surface area contributed by atoms with Gasteiger partial charge in [0.2, 0.25) is 0 Å². The lowest BCUT2D eigenvalue weighted by atomic mass is 9.83. The van der Waals surface area contributed by atoms with Gasteiger partial charge in [-0.05, 0) is 36.5 Å². The van der Waals surface area contributed by atoms with Crippen molar-refractivity contribution in [2.24, 2.45) is 5.92 Å². The molecule has 0 saturated heterocycles. The fourth-order valence-corrected chi connectivity index (χ4v) is 3.28. The van der Waals surface area contributed by atoms with Crippen LogP contribution in [0.1, 0.15) is 56.4 Å². The van der Waals surface area contributed by atoms with Gasteiger partial charge in [0.05, 0.1) is 0 Å². The lowest BCUT2D eigenvalue weighted by molar-refractivity contribution is 0.242. The second-order valence-corrected chi connectivity index (χ2v) is 6.43. The summed E-state index contributed by atoms with van der Waals surface area (Å²) in [6.45, 7) is 0.272. The van der Waals surface area contributed by atoms with E-state index in [1.54, 1.807) is 0 Å². The molecule has 1 N–H and O–H groups in total. The van der Waals surface area contributed by atoms with Crippen molar-refractivity contribution in [1.82, 2.24) is 0 Å². The molecule has 0 aliphatic heterocycles. The zero-order valence-corrected chi connectivity index (χ0v) is 12.5. The van der Waals surface area contributed by atoms with Crippen molar-refractivity contribution in [3.05, 3.63) is 34.3 Å². The van der Waals surface area contributed by atoms with Crippen molar-refractivity contribution >= 4 is 15.9 Å². The summed E-state index contributed by atoms with van der Waals surface area (Å²) >= 11 is 3.46. The van der Waals surface area contributed by atoms with Crippen molar-refractivity contribution in [2.75, 3.05) is 6.61 Å². The maximum Gasteiger partial charge on any atom is 0.0499 e. The average molecular weight is 311 g/mol. The first-order valence-electron chi connectivity index (χ1n) is 7.16. The summed E-state index contributed by atoms with van der Waals surface area (Å²) < 4.78 is 1.11. The Bertz CT molecular complexity index is 341. The number of benzene rings is 1. The second-order valence-electron chi connectivity index (χ2n) is 5.51. The largest absolute Gasteiger partial charge is 0.396 e. The molecule has 1 atom stereocenters. The summed E-state index contributed by atoms with van der Waals surface area (Å²) in [5, 5.41) is 9.57. The van der Waals surface area contributed by atoms with E-state index >= 15 is 0 Å². The fraction of sp³-hybridized carbons (Fsp3) is 0.625. The van der Waals surface area contributed by atoms with Crippen LogP contribution in [-0.2, 0) is 0 Å². The van der Waals surface area contributed by atoms with Crippen LogP contribution >= 0.6 is 15.9 Å². The monoisotopic (exact) mass is 310 g/mol. The zero-order chi connectivity index (χ0) is 12.8. The molecule has 0 radical (unpaired) electrons. The van der Waals surface area contributed by atoms with Crippen LogP contribution in [0.15, 0.2) is 28.7 Å². The summed E-state index contributed by atoms with van der Waals surface area (Å²) in [7, 11) is 0. The fourth-order valence-electron chi connectivity index (χ4n) is 3.01. The van der Waals surface area contributed by atoms with Crippen LogP contribution < -0.4 is 0 Å². The van der Waals surface area contributed by atoms with Gasteiger partial charge in [-0.1, -0.05) is 60.2 Å². The van der Waals surface area contributed by atoms with Gasteiger partial charge in [0.25, 0.3) is 0 Å². The molecule has 1 unspecified atom stereocenters. The summed E-state index contributed by atoms with van der Waals surface area (Å²) in [4.78, 5) is 0. The summed E-state index contributed by atoms with van der Waals surface area (Å²) in [5.41, 5.74) is 1.27. The third-order valence-corrected chi connectivity index (χ3v) is 4.74. The molecule has 0 amide bonds. The SMILES string of the molecule is OCC(CCC1CCCCC1)c1ccc(Br)cc1.